The van der Waals surface area contributed by atoms with Crippen LogP contribution < -0.4 is 0 Å². The molecule has 5 heteroatoms. The molecule has 0 unspecified atom stereocenters. The largest absolute Gasteiger partial charge is 0.506 e. The zero-order chi connectivity index (χ0) is 19.3. The number of ether oxygens (including phenoxy) is 1. The zero-order valence-electron chi connectivity index (χ0n) is 17.0. The summed E-state index contributed by atoms with van der Waals surface area (Å²) in [6.45, 7) is 6.46. The molecule has 2 aliphatic heterocycles. The summed E-state index contributed by atoms with van der Waals surface area (Å²) in [7, 11) is 0. The van der Waals surface area contributed by atoms with E-state index in [1.165, 1.54) is 70.0 Å². The molecule has 0 amide bonds. The van der Waals surface area contributed by atoms with Gasteiger partial charge in [-0.25, -0.2) is 0 Å². The quantitative estimate of drug-likeness (QED) is 0.713. The molecule has 1 N–H and O–H groups in total. The summed E-state index contributed by atoms with van der Waals surface area (Å²) in [5, 5.41) is 10.2. The molecule has 2 heterocycles. The summed E-state index contributed by atoms with van der Waals surface area (Å²) in [6.07, 6.45) is 11.0. The Hall–Kier alpha value is -0.810. The molecule has 0 bridgehead atoms. The maximum absolute atomic E-state index is 9.71. The van der Waals surface area contributed by atoms with Gasteiger partial charge in [-0.3, -0.25) is 4.90 Å². The Labute approximate surface area is 174 Å². The highest BCUT2D eigenvalue weighted by atomic mass is 35.5. The molecule has 4 rings (SSSR count). The number of aromatic hydroxyl groups is 1. The molecular weight excluding hydrogens is 372 g/mol. The number of phenolic OH excluding ortho intramolecular Hbond substituents is 1. The van der Waals surface area contributed by atoms with Gasteiger partial charge in [0.2, 0.25) is 0 Å². The average Bonchev–Trinajstić information content (AvgIpc) is 3.39. The van der Waals surface area contributed by atoms with E-state index in [0.717, 1.165) is 38.2 Å². The molecule has 1 aromatic rings. The van der Waals surface area contributed by atoms with Crippen molar-refractivity contribution >= 4 is 11.6 Å². The van der Waals surface area contributed by atoms with E-state index in [0.29, 0.717) is 11.1 Å². The van der Waals surface area contributed by atoms with Gasteiger partial charge in [-0.05, 0) is 75.2 Å². The third-order valence-corrected chi connectivity index (χ3v) is 7.21. The van der Waals surface area contributed by atoms with Gasteiger partial charge in [-0.15, -0.1) is 0 Å². The summed E-state index contributed by atoms with van der Waals surface area (Å²) in [5.41, 5.74) is 1.17. The molecule has 3 fully saturated rings. The number of rotatable bonds is 7. The van der Waals surface area contributed by atoms with Crippen LogP contribution in [0.15, 0.2) is 18.2 Å². The molecule has 1 saturated carbocycles. The molecule has 28 heavy (non-hydrogen) atoms. The number of hydrogen-bond donors (Lipinski definition) is 1. The molecule has 1 aromatic carbocycles. The molecule has 0 aromatic heterocycles. The first-order chi connectivity index (χ1) is 13.7. The Balaban J connectivity index is 1.34. The van der Waals surface area contributed by atoms with Crippen molar-refractivity contribution in [3.8, 4) is 5.75 Å². The van der Waals surface area contributed by atoms with E-state index in [1.807, 2.05) is 12.1 Å². The van der Waals surface area contributed by atoms with Crippen molar-refractivity contribution in [1.29, 1.82) is 0 Å². The third-order valence-electron chi connectivity index (χ3n) is 6.91. The molecular formula is C23H35ClN2O2. The number of hydrogen-bond acceptors (Lipinski definition) is 4. The molecule has 156 valence electrons. The first-order valence-electron chi connectivity index (χ1n) is 11.2. The minimum Gasteiger partial charge on any atom is -0.506 e. The molecule has 0 spiro atoms. The highest BCUT2D eigenvalue weighted by Crippen LogP contribution is 2.29. The van der Waals surface area contributed by atoms with Crippen LogP contribution in [0, 0.1) is 5.92 Å². The summed E-state index contributed by atoms with van der Waals surface area (Å²) in [6, 6.07) is 6.47. The molecule has 2 saturated heterocycles. The van der Waals surface area contributed by atoms with Crippen LogP contribution in [0.2, 0.25) is 5.02 Å². The van der Waals surface area contributed by atoms with Crippen molar-refractivity contribution < 1.29 is 9.84 Å². The van der Waals surface area contributed by atoms with Crippen molar-refractivity contribution in [3.05, 3.63) is 28.8 Å². The minimum absolute atomic E-state index is 0.162. The van der Waals surface area contributed by atoms with E-state index in [1.54, 1.807) is 6.07 Å². The lowest BCUT2D eigenvalue weighted by molar-refractivity contribution is 0.0540. The van der Waals surface area contributed by atoms with Gasteiger partial charge >= 0.3 is 0 Å². The Kier molecular flexibility index (Phi) is 7.16. The summed E-state index contributed by atoms with van der Waals surface area (Å²) in [5.74, 6) is 0.932. The Morgan fingerprint density at radius 3 is 2.50 bits per heavy atom. The van der Waals surface area contributed by atoms with Gasteiger partial charge < -0.3 is 14.7 Å². The number of piperidine rings is 1. The van der Waals surface area contributed by atoms with E-state index in [9.17, 15) is 5.11 Å². The van der Waals surface area contributed by atoms with Crippen LogP contribution >= 0.6 is 11.6 Å². The van der Waals surface area contributed by atoms with Crippen LogP contribution in [0.5, 0.6) is 5.75 Å². The topological polar surface area (TPSA) is 35.9 Å². The van der Waals surface area contributed by atoms with Gasteiger partial charge in [0.25, 0.3) is 0 Å². The number of phenols is 1. The van der Waals surface area contributed by atoms with E-state index in [4.69, 9.17) is 16.3 Å². The highest BCUT2D eigenvalue weighted by molar-refractivity contribution is 6.32. The van der Waals surface area contributed by atoms with Gasteiger partial charge in [-0.1, -0.05) is 30.5 Å². The molecule has 3 aliphatic rings. The summed E-state index contributed by atoms with van der Waals surface area (Å²) in [4.78, 5) is 5.32. The van der Waals surface area contributed by atoms with E-state index >= 15 is 0 Å². The molecule has 1 aliphatic carbocycles. The predicted octanol–water partition coefficient (Wildman–Crippen LogP) is 4.68. The van der Waals surface area contributed by atoms with E-state index in [-0.39, 0.29) is 5.75 Å². The number of nitrogens with zero attached hydrogens (tertiary/aromatic N) is 2. The van der Waals surface area contributed by atoms with Gasteiger partial charge in [0.1, 0.15) is 5.75 Å². The first-order valence-corrected chi connectivity index (χ1v) is 11.6. The van der Waals surface area contributed by atoms with E-state index < -0.39 is 0 Å². The standard InChI is InChI=1S/C23H35ClN2O2/c24-22-14-19(7-8-23(22)27)16-25(17-21-6-3-13-28-21)15-18-9-11-26(12-10-18)20-4-1-2-5-20/h7-8,14,18,20-21,27H,1-6,9-13,15-17H2/t21-/m1/s1. The fraction of sp³-hybridized carbons (Fsp3) is 0.739. The lowest BCUT2D eigenvalue weighted by atomic mass is 9.94. The van der Waals surface area contributed by atoms with Gasteiger partial charge in [0, 0.05) is 32.3 Å². The minimum atomic E-state index is 0.162. The number of benzene rings is 1. The molecule has 1 atom stereocenters. The maximum Gasteiger partial charge on any atom is 0.134 e. The second-order valence-electron chi connectivity index (χ2n) is 9.03. The lowest BCUT2D eigenvalue weighted by Crippen LogP contribution is -2.43. The van der Waals surface area contributed by atoms with Crippen LogP contribution in [0.4, 0.5) is 0 Å². The second kappa shape index (κ2) is 9.80. The van der Waals surface area contributed by atoms with Crippen LogP contribution in [0.3, 0.4) is 0 Å². The highest BCUT2D eigenvalue weighted by Gasteiger charge is 2.29. The van der Waals surface area contributed by atoms with E-state index in [2.05, 4.69) is 9.80 Å². The van der Waals surface area contributed by atoms with Gasteiger partial charge in [-0.2, -0.15) is 0 Å². The van der Waals surface area contributed by atoms with Gasteiger partial charge in [0.15, 0.2) is 0 Å². The SMILES string of the molecule is Oc1ccc(CN(CC2CCN(C3CCCC3)CC2)C[C@H]2CCCO2)cc1Cl. The van der Waals surface area contributed by atoms with Crippen molar-refractivity contribution in [2.45, 2.75) is 70.1 Å². The summed E-state index contributed by atoms with van der Waals surface area (Å²) >= 11 is 6.14. The third kappa shape index (κ3) is 5.41. The monoisotopic (exact) mass is 406 g/mol. The summed E-state index contributed by atoms with van der Waals surface area (Å²) < 4.78 is 5.92. The van der Waals surface area contributed by atoms with Crippen molar-refractivity contribution in [2.75, 3.05) is 32.8 Å². The second-order valence-corrected chi connectivity index (χ2v) is 9.44. The number of likely N-dealkylation sites (tertiary alicyclic amines) is 1. The lowest BCUT2D eigenvalue weighted by Gasteiger charge is -2.38. The molecule has 4 nitrogen and oxygen atoms in total. The Bertz CT molecular complexity index is 621. The fourth-order valence-corrected chi connectivity index (χ4v) is 5.53. The van der Waals surface area contributed by atoms with Crippen molar-refractivity contribution in [1.82, 2.24) is 9.80 Å². The average molecular weight is 407 g/mol. The Morgan fingerprint density at radius 1 is 1.04 bits per heavy atom. The normalized spacial score (nSPS) is 25.1. The molecule has 0 radical (unpaired) electrons. The predicted molar refractivity (Wildman–Crippen MR) is 114 cm³/mol. The smallest absolute Gasteiger partial charge is 0.134 e. The zero-order valence-corrected chi connectivity index (χ0v) is 17.7. The van der Waals surface area contributed by atoms with Crippen molar-refractivity contribution in [3.63, 3.8) is 0 Å². The Morgan fingerprint density at radius 2 is 1.82 bits per heavy atom. The van der Waals surface area contributed by atoms with Crippen LogP contribution in [0.25, 0.3) is 0 Å². The fourth-order valence-electron chi connectivity index (χ4n) is 5.32. The first kappa shape index (κ1) is 20.5. The van der Waals surface area contributed by atoms with Crippen LogP contribution in [-0.2, 0) is 11.3 Å². The van der Waals surface area contributed by atoms with Crippen molar-refractivity contribution in [2.24, 2.45) is 5.92 Å². The maximum atomic E-state index is 9.71. The number of halogens is 1. The van der Waals surface area contributed by atoms with Crippen LogP contribution in [0.1, 0.15) is 56.9 Å². The van der Waals surface area contributed by atoms with Gasteiger partial charge in [0.05, 0.1) is 11.1 Å². The van der Waals surface area contributed by atoms with Crippen LogP contribution in [-0.4, -0.2) is 59.8 Å².